The van der Waals surface area contributed by atoms with Gasteiger partial charge in [0.15, 0.2) is 0 Å². The Labute approximate surface area is 339 Å². The fourth-order valence-corrected chi connectivity index (χ4v) is 8.26. The van der Waals surface area contributed by atoms with Gasteiger partial charge in [0.2, 0.25) is 5.91 Å². The molecule has 3 N–H and O–H groups in total. The van der Waals surface area contributed by atoms with Gasteiger partial charge >= 0.3 is 12.2 Å². The van der Waals surface area contributed by atoms with Crippen molar-refractivity contribution in [1.29, 1.82) is 0 Å². The lowest BCUT2D eigenvalue weighted by molar-refractivity contribution is -0.135. The second kappa shape index (κ2) is 16.5. The minimum Gasteiger partial charge on any atom is -0.453 e. The largest absolute Gasteiger partial charge is 0.453 e. The van der Waals surface area contributed by atoms with Gasteiger partial charge in [0.25, 0.3) is 0 Å². The Kier molecular flexibility index (Phi) is 11.5. The summed E-state index contributed by atoms with van der Waals surface area (Å²) in [6.45, 7) is 12.9. The average molecular weight is 788 g/mol. The van der Waals surface area contributed by atoms with Gasteiger partial charge < -0.3 is 34.4 Å². The predicted octanol–water partition coefficient (Wildman–Crippen LogP) is 8.13. The molecule has 0 spiro atoms. The van der Waals surface area contributed by atoms with Crippen molar-refractivity contribution in [3.8, 4) is 34.2 Å². The maximum absolute atomic E-state index is 13.7. The Hall–Kier alpha value is -5.87. The minimum atomic E-state index is -0.702. The van der Waals surface area contributed by atoms with E-state index in [-0.39, 0.29) is 35.9 Å². The van der Waals surface area contributed by atoms with Crippen molar-refractivity contribution in [2.75, 3.05) is 33.9 Å². The van der Waals surface area contributed by atoms with E-state index in [2.05, 4.69) is 69.6 Å². The van der Waals surface area contributed by atoms with Gasteiger partial charge in [-0.1, -0.05) is 50.1 Å². The summed E-state index contributed by atoms with van der Waals surface area (Å²) >= 11 is 0. The Morgan fingerprint density at radius 1 is 0.983 bits per heavy atom. The number of H-pyrrole nitrogens is 2. The summed E-state index contributed by atoms with van der Waals surface area (Å²) in [4.78, 5) is 59.4. The Balaban J connectivity index is 1.15. The number of amides is 3. The lowest BCUT2D eigenvalue weighted by atomic mass is 9.95. The summed E-state index contributed by atoms with van der Waals surface area (Å²) < 4.78 is 16.0. The zero-order valence-electron chi connectivity index (χ0n) is 34.6. The van der Waals surface area contributed by atoms with Crippen LogP contribution in [0, 0.1) is 23.7 Å². The van der Waals surface area contributed by atoms with Crippen molar-refractivity contribution >= 4 is 39.9 Å². The molecule has 2 aliphatic rings. The first-order chi connectivity index (χ1) is 27.8. The van der Waals surface area contributed by atoms with Crippen molar-refractivity contribution in [3.05, 3.63) is 71.9 Å². The van der Waals surface area contributed by atoms with Gasteiger partial charge in [0, 0.05) is 42.6 Å². The number of carbonyl (C=O) groups is 3. The van der Waals surface area contributed by atoms with Gasteiger partial charge in [-0.3, -0.25) is 9.69 Å². The number of rotatable bonds is 9. The number of alkyl carbamates (subject to hydrolysis) is 1. The number of benzene rings is 3. The molecule has 2 saturated heterocycles. The van der Waals surface area contributed by atoms with Crippen LogP contribution in [0.25, 0.3) is 44.2 Å². The van der Waals surface area contributed by atoms with E-state index in [9.17, 15) is 14.4 Å². The molecule has 4 atom stereocenters. The molecule has 0 saturated carbocycles. The lowest BCUT2D eigenvalue weighted by Crippen LogP contribution is -2.51. The van der Waals surface area contributed by atoms with Crippen LogP contribution in [0.5, 0.6) is 0 Å². The van der Waals surface area contributed by atoms with Crippen LogP contribution < -0.4 is 5.32 Å². The van der Waals surface area contributed by atoms with Gasteiger partial charge in [0.1, 0.15) is 23.3 Å². The first-order valence-electron chi connectivity index (χ1n) is 20.0. The predicted molar refractivity (Wildman–Crippen MR) is 223 cm³/mol. The molecule has 4 heterocycles. The molecule has 2 aromatic heterocycles. The highest BCUT2D eigenvalue weighted by molar-refractivity contribution is 6.05. The highest BCUT2D eigenvalue weighted by Crippen LogP contribution is 2.39. The molecule has 3 amide bonds. The third-order valence-electron chi connectivity index (χ3n) is 11.0. The summed E-state index contributed by atoms with van der Waals surface area (Å²) in [5, 5.41) is 4.78. The summed E-state index contributed by atoms with van der Waals surface area (Å²) in [6, 6.07) is 15.5. The fourth-order valence-electron chi connectivity index (χ4n) is 8.26. The highest BCUT2D eigenvalue weighted by atomic mass is 16.6. The number of imidazole rings is 2. The number of hydrogen-bond donors (Lipinski definition) is 3. The minimum absolute atomic E-state index is 0.117. The van der Waals surface area contributed by atoms with Crippen LogP contribution in [0.1, 0.15) is 90.1 Å². The van der Waals surface area contributed by atoms with Crippen molar-refractivity contribution in [1.82, 2.24) is 35.1 Å². The van der Waals surface area contributed by atoms with Crippen molar-refractivity contribution in [3.63, 3.8) is 0 Å². The van der Waals surface area contributed by atoms with Crippen LogP contribution >= 0.6 is 0 Å². The van der Waals surface area contributed by atoms with E-state index in [0.29, 0.717) is 25.5 Å². The van der Waals surface area contributed by atoms with Gasteiger partial charge in [-0.05, 0) is 87.6 Å². The van der Waals surface area contributed by atoms with Crippen LogP contribution in [-0.2, 0) is 19.0 Å². The molecule has 0 bridgehead atoms. The molecule has 13 heteroatoms. The molecule has 0 aliphatic carbocycles. The quantitative estimate of drug-likeness (QED) is 0.127. The number of fused-ring (bicyclic) bond motifs is 3. The Bertz CT molecular complexity index is 2400. The molecule has 5 aromatic rings. The van der Waals surface area contributed by atoms with E-state index in [4.69, 9.17) is 24.2 Å². The fraction of sp³-hybridized carbons (Fsp3) is 0.444. The van der Waals surface area contributed by atoms with Crippen LogP contribution in [0.2, 0.25) is 0 Å². The molecule has 0 radical (unpaired) electrons. The van der Waals surface area contributed by atoms with Crippen LogP contribution in [0.4, 0.5) is 9.59 Å². The van der Waals surface area contributed by atoms with E-state index in [0.717, 1.165) is 74.8 Å². The van der Waals surface area contributed by atoms with Crippen LogP contribution in [0.15, 0.2) is 54.7 Å². The molecule has 2 fully saturated rings. The third kappa shape index (κ3) is 8.25. The second-order valence-electron chi connectivity index (χ2n) is 16.6. The second-order valence-corrected chi connectivity index (χ2v) is 16.6. The third-order valence-corrected chi connectivity index (χ3v) is 11.0. The number of nitrogens with zero attached hydrogens (tertiary/aromatic N) is 4. The summed E-state index contributed by atoms with van der Waals surface area (Å²) in [7, 11) is 2.97. The van der Waals surface area contributed by atoms with Gasteiger partial charge in [0.05, 0.1) is 48.7 Å². The monoisotopic (exact) mass is 787 g/mol. The van der Waals surface area contributed by atoms with Crippen LogP contribution in [-0.4, -0.2) is 93.4 Å². The smallest absolute Gasteiger partial charge is 0.410 e. The standard InChI is InChI=1S/C45H53N7O6/c1-9-11-28-22-31(35-23-46-40(48-35)36-12-10-19-51(36)42(53)38(26(2)3)50-43(54)57-8)14-16-32(28)29-13-17-33-30(21-29)15-18-34-39(33)49-41(47-34)37-20-27(25-56-7)24-52(37)44(55)58-45(4,5)6/h13-18,21-23,26-27,36-38H,10,12,19-20,24-25H2,1-8H3,(H,46,48)(H,47,49)(H,50,54)/t27?,36-,37?,38-/m0/s1. The first kappa shape index (κ1) is 40.3. The van der Waals surface area contributed by atoms with E-state index < -0.39 is 17.7 Å². The van der Waals surface area contributed by atoms with Crippen molar-refractivity contribution < 1.29 is 28.6 Å². The molecular weight excluding hydrogens is 735 g/mol. The summed E-state index contributed by atoms with van der Waals surface area (Å²) in [6.07, 6.45) is 3.14. The van der Waals surface area contributed by atoms with E-state index in [1.807, 2.05) is 52.5 Å². The van der Waals surface area contributed by atoms with E-state index >= 15 is 0 Å². The summed E-state index contributed by atoms with van der Waals surface area (Å²) in [5.74, 6) is 7.75. The number of likely N-dealkylation sites (tertiary alicyclic amines) is 2. The SMILES string of the molecule is CC#Cc1cc(-c2cnc([C@@H]3CCCN3C(=O)[C@@H](NC(=O)OC)C(C)C)[nH]2)ccc1-c1ccc2c(ccc3nc(C4CC(COC)CN4C(=O)OC(C)(C)C)[nH]c32)c1. The zero-order chi connectivity index (χ0) is 41.3. The molecule has 13 nitrogen and oxygen atoms in total. The van der Waals surface area contributed by atoms with Crippen molar-refractivity contribution in [2.45, 2.75) is 84.5 Å². The lowest BCUT2D eigenvalue weighted by Gasteiger charge is -2.30. The highest BCUT2D eigenvalue weighted by Gasteiger charge is 2.40. The maximum Gasteiger partial charge on any atom is 0.410 e. The van der Waals surface area contributed by atoms with Gasteiger partial charge in [-0.15, -0.1) is 5.92 Å². The number of aromatic nitrogens is 4. The molecule has 7 rings (SSSR count). The zero-order valence-corrected chi connectivity index (χ0v) is 34.6. The van der Waals surface area contributed by atoms with E-state index in [1.54, 1.807) is 18.2 Å². The number of aromatic amines is 2. The summed E-state index contributed by atoms with van der Waals surface area (Å²) in [5.41, 5.74) is 5.79. The molecule has 58 heavy (non-hydrogen) atoms. The molecule has 3 aromatic carbocycles. The topological polar surface area (TPSA) is 155 Å². The number of carbonyl (C=O) groups excluding carboxylic acids is 3. The number of methoxy groups -OCH3 is 2. The average Bonchev–Trinajstić information content (AvgIpc) is 4.02. The number of hydrogen-bond acceptors (Lipinski definition) is 8. The molecule has 2 aliphatic heterocycles. The molecule has 304 valence electrons. The normalized spacial score (nSPS) is 18.7. The number of ether oxygens (including phenoxy) is 3. The Morgan fingerprint density at radius 2 is 1.78 bits per heavy atom. The van der Waals surface area contributed by atoms with Gasteiger partial charge in [-0.25, -0.2) is 19.6 Å². The first-order valence-corrected chi connectivity index (χ1v) is 20.0. The molecule has 2 unspecified atom stereocenters. The Morgan fingerprint density at radius 3 is 2.50 bits per heavy atom. The van der Waals surface area contributed by atoms with Gasteiger partial charge in [-0.2, -0.15) is 0 Å². The number of nitrogens with one attached hydrogen (secondary N) is 3. The maximum atomic E-state index is 13.7. The van der Waals surface area contributed by atoms with Crippen LogP contribution in [0.3, 0.4) is 0 Å². The van der Waals surface area contributed by atoms with E-state index in [1.165, 1.54) is 7.11 Å². The molecular formula is C45H53N7O6. The van der Waals surface area contributed by atoms with Crippen molar-refractivity contribution in [2.24, 2.45) is 11.8 Å².